The van der Waals surface area contributed by atoms with Crippen LogP contribution in [0, 0.1) is 5.82 Å². The fourth-order valence-corrected chi connectivity index (χ4v) is 4.55. The smallest absolute Gasteiger partial charge is 0.223 e. The average Bonchev–Trinajstić information content (AvgIpc) is 3.36. The molecule has 152 valence electrons. The van der Waals surface area contributed by atoms with E-state index in [2.05, 4.69) is 33.1 Å². The van der Waals surface area contributed by atoms with Crippen molar-refractivity contribution in [3.63, 3.8) is 0 Å². The minimum atomic E-state index is -0.283. The summed E-state index contributed by atoms with van der Waals surface area (Å²) in [7, 11) is 0. The summed E-state index contributed by atoms with van der Waals surface area (Å²) < 4.78 is 20.1. The van der Waals surface area contributed by atoms with Gasteiger partial charge in [-0.25, -0.2) is 18.9 Å². The highest BCUT2D eigenvalue weighted by Crippen LogP contribution is 2.29. The van der Waals surface area contributed by atoms with Crippen LogP contribution < -0.4 is 0 Å². The Balaban J connectivity index is 1.88. The number of para-hydroxylation sites is 6. The number of halogens is 1. The molecule has 0 atom stereocenters. The van der Waals surface area contributed by atoms with Gasteiger partial charge in [-0.1, -0.05) is 36.4 Å². The van der Waals surface area contributed by atoms with Gasteiger partial charge in [0.1, 0.15) is 5.82 Å². The first-order chi connectivity index (χ1) is 15.8. The van der Waals surface area contributed by atoms with E-state index in [1.54, 1.807) is 12.1 Å². The van der Waals surface area contributed by atoms with Gasteiger partial charge < -0.3 is 0 Å². The van der Waals surface area contributed by atoms with Crippen molar-refractivity contribution in [3.05, 3.63) is 103 Å². The average molecular weight is 417 g/mol. The van der Waals surface area contributed by atoms with Crippen LogP contribution >= 0.6 is 0 Å². The normalized spacial score (nSPS) is 11.9. The summed E-state index contributed by atoms with van der Waals surface area (Å²) in [5.41, 5.74) is 6.56. The van der Waals surface area contributed by atoms with Gasteiger partial charge in [0.15, 0.2) is 0 Å². The number of aromatic nitrogens is 5. The summed E-state index contributed by atoms with van der Waals surface area (Å²) >= 11 is 0. The van der Waals surface area contributed by atoms with E-state index in [-0.39, 0.29) is 5.82 Å². The van der Waals surface area contributed by atoms with Crippen LogP contribution in [-0.2, 0) is 0 Å². The Kier molecular flexibility index (Phi) is 3.38. The molecule has 7 rings (SSSR count). The monoisotopic (exact) mass is 417 g/mol. The molecule has 0 saturated carbocycles. The number of hydrogen-bond acceptors (Lipinski definition) is 2. The molecule has 0 fully saturated rings. The summed E-state index contributed by atoms with van der Waals surface area (Å²) in [5.74, 6) is 1.13. The molecule has 0 aliphatic heterocycles. The van der Waals surface area contributed by atoms with Gasteiger partial charge in [-0.15, -0.1) is 0 Å². The van der Waals surface area contributed by atoms with Gasteiger partial charge >= 0.3 is 0 Å². The molecule has 0 N–H and O–H groups in total. The minimum Gasteiger partial charge on any atom is -0.276 e. The van der Waals surface area contributed by atoms with Gasteiger partial charge in [0.05, 0.1) is 38.8 Å². The van der Waals surface area contributed by atoms with Gasteiger partial charge in [0.2, 0.25) is 11.6 Å². The van der Waals surface area contributed by atoms with E-state index in [1.807, 2.05) is 53.1 Å². The Labute approximate surface area is 181 Å². The Morgan fingerprint density at radius 3 is 1.44 bits per heavy atom. The maximum absolute atomic E-state index is 13.8. The predicted octanol–water partition coefficient (Wildman–Crippen LogP) is 5.93. The van der Waals surface area contributed by atoms with E-state index in [4.69, 9.17) is 9.97 Å². The van der Waals surface area contributed by atoms with E-state index >= 15 is 0 Å². The molecular weight excluding hydrogens is 401 g/mol. The molecule has 6 heteroatoms. The molecule has 32 heavy (non-hydrogen) atoms. The van der Waals surface area contributed by atoms with Crippen molar-refractivity contribution < 1.29 is 4.39 Å². The zero-order valence-corrected chi connectivity index (χ0v) is 16.9. The van der Waals surface area contributed by atoms with E-state index in [1.165, 1.54) is 12.1 Å². The van der Waals surface area contributed by atoms with Crippen LogP contribution in [0.25, 0.3) is 50.3 Å². The first-order valence-corrected chi connectivity index (χ1v) is 10.4. The standard InChI is InChI=1S/C26H16FN5/c27-17-13-15-18(16-14-17)30-25-28-19-7-1-3-9-21(19)31(25)23-11-5-6-12-24(23)32-22-10-4-2-8-20(22)29-26(30)32/h1-16H. The maximum Gasteiger partial charge on any atom is 0.223 e. The molecule has 4 aromatic carbocycles. The van der Waals surface area contributed by atoms with E-state index in [9.17, 15) is 4.39 Å². The molecule has 0 bridgehead atoms. The highest BCUT2D eigenvalue weighted by atomic mass is 19.1. The Morgan fingerprint density at radius 1 is 0.500 bits per heavy atom. The third-order valence-corrected chi connectivity index (χ3v) is 5.93. The van der Waals surface area contributed by atoms with Crippen molar-refractivity contribution in [1.82, 2.24) is 23.3 Å². The lowest BCUT2D eigenvalue weighted by atomic mass is 10.2. The molecule has 0 aliphatic carbocycles. The van der Waals surface area contributed by atoms with Crippen LogP contribution in [0.2, 0.25) is 0 Å². The molecule has 7 aromatic rings. The molecular formula is C26H16FN5. The Bertz CT molecular complexity index is 1730. The molecule has 0 unspecified atom stereocenters. The molecule has 0 spiro atoms. The zero-order valence-electron chi connectivity index (χ0n) is 16.9. The summed E-state index contributed by atoms with van der Waals surface area (Å²) in [6.07, 6.45) is 0. The van der Waals surface area contributed by atoms with Crippen LogP contribution in [0.3, 0.4) is 0 Å². The molecule has 3 aromatic heterocycles. The number of imidazole rings is 2. The Morgan fingerprint density at radius 2 is 0.938 bits per heavy atom. The highest BCUT2D eigenvalue weighted by Gasteiger charge is 2.18. The highest BCUT2D eigenvalue weighted by molar-refractivity contribution is 5.92. The second kappa shape index (κ2) is 6.28. The lowest BCUT2D eigenvalue weighted by molar-refractivity contribution is 0.627. The maximum atomic E-state index is 13.8. The van der Waals surface area contributed by atoms with Crippen molar-refractivity contribution in [3.8, 4) is 5.69 Å². The first-order valence-electron chi connectivity index (χ1n) is 10.4. The van der Waals surface area contributed by atoms with Crippen molar-refractivity contribution in [1.29, 1.82) is 0 Å². The van der Waals surface area contributed by atoms with E-state index in [0.29, 0.717) is 11.6 Å². The molecule has 3 heterocycles. The lowest BCUT2D eigenvalue weighted by Crippen LogP contribution is -2.02. The molecule has 0 amide bonds. The fraction of sp³-hybridized carbons (Fsp3) is 0. The number of nitrogens with zero attached hydrogens (tertiary/aromatic N) is 5. The second-order valence-electron chi connectivity index (χ2n) is 7.77. The minimum absolute atomic E-state index is 0.283. The van der Waals surface area contributed by atoms with Crippen LogP contribution in [0.15, 0.2) is 97.1 Å². The van der Waals surface area contributed by atoms with Crippen molar-refractivity contribution in [2.75, 3.05) is 0 Å². The van der Waals surface area contributed by atoms with Crippen LogP contribution in [0.1, 0.15) is 0 Å². The summed E-state index contributed by atoms with van der Waals surface area (Å²) in [5, 5.41) is 0. The van der Waals surface area contributed by atoms with Crippen LogP contribution in [0.4, 0.5) is 4.39 Å². The number of rotatable bonds is 1. The topological polar surface area (TPSA) is 39.5 Å². The van der Waals surface area contributed by atoms with Crippen molar-refractivity contribution in [2.45, 2.75) is 0 Å². The Hall–Kier alpha value is -4.45. The summed E-state index contributed by atoms with van der Waals surface area (Å²) in [4.78, 5) is 10.0. The molecule has 0 saturated heterocycles. The molecule has 0 radical (unpaired) electrons. The number of hydrogen-bond donors (Lipinski definition) is 0. The van der Waals surface area contributed by atoms with Gasteiger partial charge in [0.25, 0.3) is 0 Å². The first kappa shape index (κ1) is 17.3. The van der Waals surface area contributed by atoms with Crippen molar-refractivity contribution in [2.24, 2.45) is 0 Å². The third kappa shape index (κ3) is 2.26. The summed E-state index contributed by atoms with van der Waals surface area (Å²) in [6.45, 7) is 0. The van der Waals surface area contributed by atoms with Gasteiger partial charge in [-0.05, 0) is 60.7 Å². The van der Waals surface area contributed by atoms with Crippen LogP contribution in [0.5, 0.6) is 0 Å². The zero-order chi connectivity index (χ0) is 21.2. The predicted molar refractivity (Wildman–Crippen MR) is 125 cm³/mol. The SMILES string of the molecule is Fc1ccc(-n2c3nc4ccccc4n3c3ccccc3n3c4ccccc4nc23)cc1. The summed E-state index contributed by atoms with van der Waals surface area (Å²) in [6, 6.07) is 30.9. The van der Waals surface area contributed by atoms with Crippen LogP contribution in [-0.4, -0.2) is 23.3 Å². The third-order valence-electron chi connectivity index (χ3n) is 5.93. The second-order valence-corrected chi connectivity index (χ2v) is 7.77. The van der Waals surface area contributed by atoms with E-state index < -0.39 is 0 Å². The lowest BCUT2D eigenvalue weighted by Gasteiger charge is -2.06. The fourth-order valence-electron chi connectivity index (χ4n) is 4.55. The van der Waals surface area contributed by atoms with E-state index in [0.717, 1.165) is 38.8 Å². The number of benzene rings is 4. The molecule has 0 aliphatic rings. The van der Waals surface area contributed by atoms with Gasteiger partial charge in [-0.3, -0.25) is 8.80 Å². The van der Waals surface area contributed by atoms with Crippen molar-refractivity contribution >= 4 is 44.7 Å². The molecule has 5 nitrogen and oxygen atoms in total. The number of fused-ring (bicyclic) bond motifs is 9. The quantitative estimate of drug-likeness (QED) is 0.332. The largest absolute Gasteiger partial charge is 0.276 e. The van der Waals surface area contributed by atoms with Gasteiger partial charge in [0, 0.05) is 0 Å². The van der Waals surface area contributed by atoms with Gasteiger partial charge in [-0.2, -0.15) is 0 Å².